The van der Waals surface area contributed by atoms with Crippen molar-refractivity contribution in [3.05, 3.63) is 41.7 Å². The first-order chi connectivity index (χ1) is 15.2. The molecule has 1 aliphatic carbocycles. The molecule has 4 rings (SSSR count). The summed E-state index contributed by atoms with van der Waals surface area (Å²) in [4.78, 5) is 28.4. The number of nitrogens with zero attached hydrogens (tertiary/aromatic N) is 2. The maximum Gasteiger partial charge on any atom is 0.490 e. The van der Waals surface area contributed by atoms with Gasteiger partial charge in [-0.25, -0.2) is 4.79 Å². The lowest BCUT2D eigenvalue weighted by Crippen LogP contribution is -2.45. The van der Waals surface area contributed by atoms with Crippen molar-refractivity contribution in [2.45, 2.75) is 63.6 Å². The summed E-state index contributed by atoms with van der Waals surface area (Å²) in [7, 11) is 0. The first kappa shape index (κ1) is 24.2. The van der Waals surface area contributed by atoms with Crippen LogP contribution in [0.25, 0.3) is 0 Å². The van der Waals surface area contributed by atoms with Crippen molar-refractivity contribution in [2.75, 3.05) is 13.2 Å². The molecule has 0 spiro atoms. The number of hydrogen-bond donors (Lipinski definition) is 1. The molecule has 10 heteroatoms. The van der Waals surface area contributed by atoms with Crippen molar-refractivity contribution in [1.82, 2.24) is 9.88 Å². The zero-order valence-corrected chi connectivity index (χ0v) is 17.8. The monoisotopic (exact) mass is 456 g/mol. The Morgan fingerprint density at radius 2 is 1.97 bits per heavy atom. The Bertz CT molecular complexity index is 837. The fourth-order valence-corrected chi connectivity index (χ4v) is 4.24. The van der Waals surface area contributed by atoms with Crippen LogP contribution in [0.15, 0.2) is 30.4 Å². The number of aryl methyl sites for hydroxylation is 1. The molecule has 176 valence electrons. The summed E-state index contributed by atoms with van der Waals surface area (Å²) in [5, 5.41) is 7.12. The predicted molar refractivity (Wildman–Crippen MR) is 108 cm³/mol. The number of aromatic nitrogens is 1. The number of hydrogen-bond acceptors (Lipinski definition) is 5. The molecular formula is C22H27F3N2O5. The van der Waals surface area contributed by atoms with Crippen molar-refractivity contribution in [3.8, 4) is 0 Å². The van der Waals surface area contributed by atoms with E-state index in [2.05, 4.69) is 17.1 Å². The number of ether oxygens (including phenoxy) is 2. The second-order valence-electron chi connectivity index (χ2n) is 8.10. The van der Waals surface area contributed by atoms with Gasteiger partial charge in [0.1, 0.15) is 12.2 Å². The molecule has 1 amide bonds. The van der Waals surface area contributed by atoms with Crippen molar-refractivity contribution in [2.24, 2.45) is 5.92 Å². The highest BCUT2D eigenvalue weighted by Crippen LogP contribution is 2.34. The third kappa shape index (κ3) is 6.07. The molecule has 0 saturated carbocycles. The van der Waals surface area contributed by atoms with Gasteiger partial charge in [-0.3, -0.25) is 9.78 Å². The number of carboxylic acid groups (broad SMARTS) is 1. The summed E-state index contributed by atoms with van der Waals surface area (Å²) in [6.07, 6.45) is 2.84. The van der Waals surface area contributed by atoms with Crippen LogP contribution in [0.4, 0.5) is 13.2 Å². The van der Waals surface area contributed by atoms with Crippen molar-refractivity contribution < 1.29 is 37.3 Å². The van der Waals surface area contributed by atoms with E-state index in [1.165, 1.54) is 0 Å². The Morgan fingerprint density at radius 3 is 2.59 bits per heavy atom. The fraction of sp³-hybridized carbons (Fsp3) is 0.591. The van der Waals surface area contributed by atoms with Crippen molar-refractivity contribution >= 4 is 11.9 Å². The van der Waals surface area contributed by atoms with Crippen molar-refractivity contribution in [3.63, 3.8) is 0 Å². The highest BCUT2D eigenvalue weighted by atomic mass is 19.4. The second-order valence-corrected chi connectivity index (χ2v) is 8.10. The van der Waals surface area contributed by atoms with Gasteiger partial charge in [-0.15, -0.1) is 0 Å². The van der Waals surface area contributed by atoms with Gasteiger partial charge in [-0.1, -0.05) is 18.2 Å². The smallest absolute Gasteiger partial charge is 0.475 e. The minimum atomic E-state index is -5.08. The molecule has 0 bridgehead atoms. The number of carbonyl (C=O) groups is 2. The van der Waals surface area contributed by atoms with Gasteiger partial charge in [0.05, 0.1) is 18.3 Å². The number of pyridine rings is 1. The van der Waals surface area contributed by atoms with E-state index in [4.69, 9.17) is 19.4 Å². The summed E-state index contributed by atoms with van der Waals surface area (Å²) in [5.74, 6) is -2.38. The van der Waals surface area contributed by atoms with E-state index in [0.717, 1.165) is 43.7 Å². The molecule has 2 aliphatic heterocycles. The van der Waals surface area contributed by atoms with Gasteiger partial charge in [-0.2, -0.15) is 13.2 Å². The summed E-state index contributed by atoms with van der Waals surface area (Å²) in [6.45, 7) is 3.84. The highest BCUT2D eigenvalue weighted by molar-refractivity contribution is 5.80. The van der Waals surface area contributed by atoms with Crippen LogP contribution in [0, 0.1) is 12.8 Å². The second kappa shape index (κ2) is 10.4. The van der Waals surface area contributed by atoms with Gasteiger partial charge in [-0.05, 0) is 44.7 Å². The van der Waals surface area contributed by atoms with Gasteiger partial charge in [0.25, 0.3) is 0 Å². The fourth-order valence-electron chi connectivity index (χ4n) is 4.24. The number of rotatable bonds is 4. The Labute approximate surface area is 184 Å². The van der Waals surface area contributed by atoms with E-state index in [0.29, 0.717) is 13.2 Å². The van der Waals surface area contributed by atoms with Gasteiger partial charge >= 0.3 is 12.1 Å². The van der Waals surface area contributed by atoms with Crippen LogP contribution in [0.5, 0.6) is 0 Å². The van der Waals surface area contributed by atoms with Crippen LogP contribution in [-0.4, -0.2) is 64.4 Å². The number of aliphatic carboxylic acids is 1. The topological polar surface area (TPSA) is 89.0 Å². The Balaban J connectivity index is 0.000000360. The van der Waals surface area contributed by atoms with E-state index in [1.54, 1.807) is 0 Å². The standard InChI is InChI=1S/C20H26N2O3.C2HF3O2/c1-14-6-4-9-16(21-14)13-25-18-12-22(17-10-5-11-24-19(17)18)20(23)15-7-2-3-8-15;3-2(4,5)1(6)7/h2-4,6,9,15,17-19H,5,7-8,10-13H2,1H3;(H,6,7)/t17-,18-,19+;/m1./s1. The molecule has 0 unspecified atom stereocenters. The molecule has 1 aromatic rings. The predicted octanol–water partition coefficient (Wildman–Crippen LogP) is 3.26. The Morgan fingerprint density at radius 1 is 1.28 bits per heavy atom. The van der Waals surface area contributed by atoms with E-state index in [9.17, 15) is 18.0 Å². The normalized spacial score (nSPS) is 25.2. The third-order valence-electron chi connectivity index (χ3n) is 5.75. The molecule has 32 heavy (non-hydrogen) atoms. The average molecular weight is 456 g/mol. The van der Waals surface area contributed by atoms with Gasteiger partial charge in [0, 0.05) is 24.8 Å². The molecule has 1 aromatic heterocycles. The summed E-state index contributed by atoms with van der Waals surface area (Å²) < 4.78 is 43.9. The number of carboxylic acids is 1. The molecule has 0 radical (unpaired) electrons. The molecule has 2 saturated heterocycles. The number of allylic oxidation sites excluding steroid dienone is 2. The maximum atomic E-state index is 12.9. The number of fused-ring (bicyclic) bond motifs is 1. The number of likely N-dealkylation sites (tertiary alicyclic amines) is 1. The first-order valence-electron chi connectivity index (χ1n) is 10.6. The van der Waals surface area contributed by atoms with E-state index in [1.807, 2.05) is 30.0 Å². The number of alkyl halides is 3. The molecule has 1 N–H and O–H groups in total. The SMILES string of the molecule is Cc1cccc(CO[C@@H]2CN(C(=O)C3CC=CC3)[C@@H]3CCCO[C@@H]32)n1.O=C(O)C(F)(F)F. The maximum absolute atomic E-state index is 12.9. The van der Waals surface area contributed by atoms with Crippen LogP contribution in [0.2, 0.25) is 0 Å². The van der Waals surface area contributed by atoms with E-state index >= 15 is 0 Å². The molecule has 3 heterocycles. The Kier molecular flexibility index (Phi) is 7.89. The Hall–Kier alpha value is -2.46. The largest absolute Gasteiger partial charge is 0.490 e. The molecule has 0 aromatic carbocycles. The minimum Gasteiger partial charge on any atom is -0.475 e. The van der Waals surface area contributed by atoms with Gasteiger partial charge in [0.2, 0.25) is 5.91 Å². The summed E-state index contributed by atoms with van der Waals surface area (Å²) >= 11 is 0. The zero-order chi connectivity index (χ0) is 23.3. The third-order valence-corrected chi connectivity index (χ3v) is 5.75. The van der Waals surface area contributed by atoms with Crippen molar-refractivity contribution in [1.29, 1.82) is 0 Å². The number of carbonyl (C=O) groups excluding carboxylic acids is 1. The van der Waals surface area contributed by atoms with Gasteiger partial charge in [0.15, 0.2) is 0 Å². The average Bonchev–Trinajstić information content (AvgIpc) is 3.40. The van der Waals surface area contributed by atoms with Crippen LogP contribution in [0.1, 0.15) is 37.1 Å². The van der Waals surface area contributed by atoms with Crippen LogP contribution in [-0.2, 0) is 25.7 Å². The van der Waals surface area contributed by atoms with Crippen LogP contribution in [0.3, 0.4) is 0 Å². The van der Waals surface area contributed by atoms with E-state index in [-0.39, 0.29) is 30.1 Å². The molecule has 7 nitrogen and oxygen atoms in total. The molecule has 2 fully saturated rings. The molecule has 3 aliphatic rings. The van der Waals surface area contributed by atoms with E-state index < -0.39 is 12.1 Å². The number of halogens is 3. The first-order valence-corrected chi connectivity index (χ1v) is 10.6. The van der Waals surface area contributed by atoms with Crippen LogP contribution >= 0.6 is 0 Å². The lowest BCUT2D eigenvalue weighted by molar-refractivity contribution is -0.192. The van der Waals surface area contributed by atoms with Gasteiger partial charge < -0.3 is 19.5 Å². The van der Waals surface area contributed by atoms with Crippen LogP contribution < -0.4 is 0 Å². The zero-order valence-electron chi connectivity index (χ0n) is 17.8. The highest BCUT2D eigenvalue weighted by Gasteiger charge is 2.47. The number of amides is 1. The lowest BCUT2D eigenvalue weighted by atomic mass is 10.0. The lowest BCUT2D eigenvalue weighted by Gasteiger charge is -2.33. The molecule has 3 atom stereocenters. The minimum absolute atomic E-state index is 0.00290. The molecular weight excluding hydrogens is 429 g/mol. The summed E-state index contributed by atoms with van der Waals surface area (Å²) in [6, 6.07) is 6.12. The summed E-state index contributed by atoms with van der Waals surface area (Å²) in [5.41, 5.74) is 1.92. The quantitative estimate of drug-likeness (QED) is 0.700.